The molecule has 0 fully saturated rings. The molecule has 0 saturated heterocycles. The molecule has 2 N–H and O–H groups in total. The van der Waals surface area contributed by atoms with Crippen molar-refractivity contribution in [1.29, 1.82) is 0 Å². The topological polar surface area (TPSA) is 80.0 Å². The Kier molecular flexibility index (Phi) is 5.98. The minimum atomic E-state index is -0.935. The zero-order chi connectivity index (χ0) is 19.2. The zero-order valence-corrected chi connectivity index (χ0v) is 15.6. The van der Waals surface area contributed by atoms with Gasteiger partial charge in [-0.2, -0.15) is 0 Å². The lowest BCUT2D eigenvalue weighted by atomic mass is 10.0. The van der Waals surface area contributed by atoms with Gasteiger partial charge in [-0.3, -0.25) is 4.79 Å². The van der Waals surface area contributed by atoms with Crippen molar-refractivity contribution in [3.63, 3.8) is 0 Å². The molecule has 1 atom stereocenters. The van der Waals surface area contributed by atoms with Gasteiger partial charge in [0.15, 0.2) is 5.82 Å². The van der Waals surface area contributed by atoms with E-state index in [1.807, 2.05) is 48.5 Å². The van der Waals surface area contributed by atoms with Crippen molar-refractivity contribution in [3.05, 3.63) is 77.4 Å². The van der Waals surface area contributed by atoms with Crippen molar-refractivity contribution in [2.45, 2.75) is 39.3 Å². The van der Waals surface area contributed by atoms with Crippen molar-refractivity contribution in [1.82, 2.24) is 14.8 Å². The summed E-state index contributed by atoms with van der Waals surface area (Å²) < 4.78 is 1.58. The first-order chi connectivity index (χ1) is 13.1. The molecule has 0 saturated carbocycles. The molecule has 140 valence electrons. The standard InChI is InChI=1S/C21H24N4O2/c1-3-15-11-8-12-16(4-2)19(15)23-18(26)13-25-14-22-24-21(25)20(27)17-9-6-5-7-10-17/h5-12,14,20,27H,3-4,13H2,1-2H3,(H,23,26)/t20-/m0/s1. The number of carbonyl (C=O) groups excluding carboxylic acids is 1. The highest BCUT2D eigenvalue weighted by Crippen LogP contribution is 2.23. The second kappa shape index (κ2) is 8.60. The van der Waals surface area contributed by atoms with Crippen LogP contribution in [0, 0.1) is 0 Å². The minimum absolute atomic E-state index is 0.0351. The van der Waals surface area contributed by atoms with E-state index in [1.165, 1.54) is 6.33 Å². The van der Waals surface area contributed by atoms with Crippen molar-refractivity contribution >= 4 is 11.6 Å². The average Bonchev–Trinajstić information content (AvgIpc) is 3.16. The summed E-state index contributed by atoms with van der Waals surface area (Å²) in [7, 11) is 0. The van der Waals surface area contributed by atoms with Gasteiger partial charge in [0.1, 0.15) is 19.0 Å². The fourth-order valence-electron chi connectivity index (χ4n) is 3.12. The Bertz CT molecular complexity index is 883. The number of anilines is 1. The summed E-state index contributed by atoms with van der Waals surface area (Å²) in [5, 5.41) is 21.5. The second-order valence-electron chi connectivity index (χ2n) is 6.34. The Morgan fingerprint density at radius 2 is 1.74 bits per heavy atom. The van der Waals surface area contributed by atoms with Crippen LogP contribution >= 0.6 is 0 Å². The van der Waals surface area contributed by atoms with Crippen LogP contribution in [0.15, 0.2) is 54.9 Å². The van der Waals surface area contributed by atoms with Crippen LogP contribution in [-0.2, 0) is 24.2 Å². The number of hydrogen-bond donors (Lipinski definition) is 2. The summed E-state index contributed by atoms with van der Waals surface area (Å²) in [4.78, 5) is 12.7. The molecule has 27 heavy (non-hydrogen) atoms. The summed E-state index contributed by atoms with van der Waals surface area (Å²) in [5.41, 5.74) is 3.80. The van der Waals surface area contributed by atoms with Crippen LogP contribution in [0.25, 0.3) is 0 Å². The number of para-hydroxylation sites is 1. The number of aliphatic hydroxyl groups is 1. The predicted octanol–water partition coefficient (Wildman–Crippen LogP) is 3.12. The molecular weight excluding hydrogens is 340 g/mol. The van der Waals surface area contributed by atoms with Crippen LogP contribution in [0.4, 0.5) is 5.69 Å². The normalized spacial score (nSPS) is 12.0. The van der Waals surface area contributed by atoms with Gasteiger partial charge in [-0.05, 0) is 29.5 Å². The third-order valence-electron chi connectivity index (χ3n) is 4.58. The van der Waals surface area contributed by atoms with E-state index >= 15 is 0 Å². The number of aryl methyl sites for hydroxylation is 2. The number of nitrogens with one attached hydrogen (secondary N) is 1. The quantitative estimate of drug-likeness (QED) is 0.675. The molecular formula is C21H24N4O2. The molecule has 0 aliphatic carbocycles. The van der Waals surface area contributed by atoms with Crippen molar-refractivity contribution in [3.8, 4) is 0 Å². The summed E-state index contributed by atoms with van der Waals surface area (Å²) in [5.74, 6) is 0.169. The molecule has 1 heterocycles. The lowest BCUT2D eigenvalue weighted by Gasteiger charge is -2.16. The second-order valence-corrected chi connectivity index (χ2v) is 6.34. The fourth-order valence-corrected chi connectivity index (χ4v) is 3.12. The van der Waals surface area contributed by atoms with Crippen LogP contribution < -0.4 is 5.32 Å². The molecule has 0 bridgehead atoms. The summed E-state index contributed by atoms with van der Waals surface area (Å²) in [6.07, 6.45) is 2.21. The number of carbonyl (C=O) groups is 1. The molecule has 0 spiro atoms. The van der Waals surface area contributed by atoms with Gasteiger partial charge >= 0.3 is 0 Å². The van der Waals surface area contributed by atoms with E-state index in [0.29, 0.717) is 11.4 Å². The van der Waals surface area contributed by atoms with Crippen LogP contribution in [0.2, 0.25) is 0 Å². The van der Waals surface area contributed by atoms with E-state index in [4.69, 9.17) is 0 Å². The largest absolute Gasteiger partial charge is 0.380 e. The Morgan fingerprint density at radius 1 is 1.07 bits per heavy atom. The fraction of sp³-hybridized carbons (Fsp3) is 0.286. The lowest BCUT2D eigenvalue weighted by Crippen LogP contribution is -2.22. The first-order valence-electron chi connectivity index (χ1n) is 9.15. The number of amides is 1. The van der Waals surface area contributed by atoms with Crippen molar-refractivity contribution in [2.75, 3.05) is 5.32 Å². The maximum absolute atomic E-state index is 12.7. The van der Waals surface area contributed by atoms with Crippen molar-refractivity contribution in [2.24, 2.45) is 0 Å². The van der Waals surface area contributed by atoms with Gasteiger partial charge in [0.25, 0.3) is 0 Å². The van der Waals surface area contributed by atoms with Gasteiger partial charge in [0.05, 0.1) is 0 Å². The highest BCUT2D eigenvalue weighted by Gasteiger charge is 2.19. The van der Waals surface area contributed by atoms with E-state index in [2.05, 4.69) is 29.4 Å². The first kappa shape index (κ1) is 18.8. The van der Waals surface area contributed by atoms with Gasteiger partial charge in [0.2, 0.25) is 5.91 Å². The Hall–Kier alpha value is -2.99. The molecule has 0 unspecified atom stereocenters. The van der Waals surface area contributed by atoms with E-state index in [9.17, 15) is 9.90 Å². The number of nitrogens with zero attached hydrogens (tertiary/aromatic N) is 3. The van der Waals surface area contributed by atoms with E-state index in [1.54, 1.807) is 4.57 Å². The molecule has 6 heteroatoms. The third-order valence-corrected chi connectivity index (χ3v) is 4.58. The smallest absolute Gasteiger partial charge is 0.244 e. The maximum Gasteiger partial charge on any atom is 0.244 e. The Balaban J connectivity index is 1.78. The molecule has 0 radical (unpaired) electrons. The number of aromatic nitrogens is 3. The molecule has 1 aromatic heterocycles. The number of rotatable bonds is 7. The Morgan fingerprint density at radius 3 is 2.37 bits per heavy atom. The molecule has 6 nitrogen and oxygen atoms in total. The monoisotopic (exact) mass is 364 g/mol. The van der Waals surface area contributed by atoms with Gasteiger partial charge in [0, 0.05) is 5.69 Å². The highest BCUT2D eigenvalue weighted by atomic mass is 16.3. The summed E-state index contributed by atoms with van der Waals surface area (Å²) in [6, 6.07) is 15.3. The molecule has 3 rings (SSSR count). The van der Waals surface area contributed by atoms with E-state index in [-0.39, 0.29) is 12.5 Å². The zero-order valence-electron chi connectivity index (χ0n) is 15.6. The molecule has 1 amide bonds. The van der Waals surface area contributed by atoms with Gasteiger partial charge < -0.3 is 15.0 Å². The number of aliphatic hydroxyl groups excluding tert-OH is 1. The van der Waals surface area contributed by atoms with E-state index < -0.39 is 6.10 Å². The Labute approximate surface area is 158 Å². The molecule has 3 aromatic rings. The van der Waals surface area contributed by atoms with Crippen LogP contribution in [0.1, 0.15) is 42.5 Å². The first-order valence-corrected chi connectivity index (χ1v) is 9.15. The van der Waals surface area contributed by atoms with E-state index in [0.717, 1.165) is 29.7 Å². The van der Waals surface area contributed by atoms with Crippen LogP contribution in [-0.4, -0.2) is 25.8 Å². The molecule has 0 aliphatic heterocycles. The molecule has 0 aliphatic rings. The van der Waals surface area contributed by atoms with Crippen molar-refractivity contribution < 1.29 is 9.90 Å². The van der Waals surface area contributed by atoms with Gasteiger partial charge in [-0.1, -0.05) is 62.4 Å². The number of benzene rings is 2. The third kappa shape index (κ3) is 4.23. The van der Waals surface area contributed by atoms with Crippen LogP contribution in [0.5, 0.6) is 0 Å². The molecule has 2 aromatic carbocycles. The maximum atomic E-state index is 12.7. The van der Waals surface area contributed by atoms with Crippen LogP contribution in [0.3, 0.4) is 0 Å². The summed E-state index contributed by atoms with van der Waals surface area (Å²) in [6.45, 7) is 4.17. The van der Waals surface area contributed by atoms with Gasteiger partial charge in [-0.25, -0.2) is 0 Å². The SMILES string of the molecule is CCc1cccc(CC)c1NC(=O)Cn1cnnc1[C@@H](O)c1ccccc1. The summed E-state index contributed by atoms with van der Waals surface area (Å²) >= 11 is 0. The predicted molar refractivity (Wildman–Crippen MR) is 104 cm³/mol. The average molecular weight is 364 g/mol. The number of hydrogen-bond acceptors (Lipinski definition) is 4. The minimum Gasteiger partial charge on any atom is -0.380 e. The van der Waals surface area contributed by atoms with Gasteiger partial charge in [-0.15, -0.1) is 10.2 Å². The highest BCUT2D eigenvalue weighted by molar-refractivity contribution is 5.92. The lowest BCUT2D eigenvalue weighted by molar-refractivity contribution is -0.116.